The third kappa shape index (κ3) is 5.32. The molecule has 0 radical (unpaired) electrons. The Morgan fingerprint density at radius 1 is 1.06 bits per heavy atom. The highest BCUT2D eigenvalue weighted by atomic mass is 35.5. The molecule has 0 saturated carbocycles. The van der Waals surface area contributed by atoms with Crippen molar-refractivity contribution < 1.29 is 4.79 Å². The van der Waals surface area contributed by atoms with Gasteiger partial charge in [-0.15, -0.1) is 0 Å². The van der Waals surface area contributed by atoms with Crippen LogP contribution in [0.1, 0.15) is 35.8 Å². The van der Waals surface area contributed by atoms with Crippen molar-refractivity contribution in [2.45, 2.75) is 19.8 Å². The Labute approximate surface area is 186 Å². The van der Waals surface area contributed by atoms with E-state index in [1.807, 2.05) is 37.3 Å². The van der Waals surface area contributed by atoms with Gasteiger partial charge >= 0.3 is 0 Å². The number of rotatable bonds is 6. The van der Waals surface area contributed by atoms with Gasteiger partial charge in [-0.1, -0.05) is 61.0 Å². The number of hydrogen-bond donors (Lipinski definition) is 3. The maximum Gasteiger partial charge on any atom is 0.274 e. The first-order valence-corrected chi connectivity index (χ1v) is 10.2. The van der Waals surface area contributed by atoms with Gasteiger partial charge in [-0.2, -0.15) is 0 Å². The molecule has 0 bridgehead atoms. The number of carbonyl (C=O) groups is 1. The number of halogens is 1. The van der Waals surface area contributed by atoms with E-state index in [0.717, 1.165) is 12.0 Å². The van der Waals surface area contributed by atoms with Gasteiger partial charge in [0.05, 0.1) is 5.69 Å². The van der Waals surface area contributed by atoms with Gasteiger partial charge in [0.25, 0.3) is 5.91 Å². The van der Waals surface area contributed by atoms with Crippen molar-refractivity contribution in [1.82, 2.24) is 14.9 Å². The fourth-order valence-corrected chi connectivity index (χ4v) is 3.14. The van der Waals surface area contributed by atoms with Crippen LogP contribution in [0.2, 0.25) is 5.15 Å². The van der Waals surface area contributed by atoms with E-state index in [-0.39, 0.29) is 16.7 Å². The van der Waals surface area contributed by atoms with E-state index in [0.29, 0.717) is 29.3 Å². The Bertz CT molecular complexity index is 1120. The molecule has 0 unspecified atom stereocenters. The maximum atomic E-state index is 12.9. The van der Waals surface area contributed by atoms with Crippen LogP contribution in [0, 0.1) is 10.8 Å². The highest BCUT2D eigenvalue weighted by molar-refractivity contribution is 6.30. The van der Waals surface area contributed by atoms with E-state index in [4.69, 9.17) is 22.4 Å². The minimum atomic E-state index is -0.465. The van der Waals surface area contributed by atoms with Crippen LogP contribution in [-0.4, -0.2) is 39.5 Å². The monoisotopic (exact) mass is 434 g/mol. The molecule has 0 fully saturated rings. The molecule has 158 valence electrons. The number of nitrogens with zero attached hydrogens (tertiary/aromatic N) is 3. The zero-order valence-corrected chi connectivity index (χ0v) is 18.1. The normalized spacial score (nSPS) is 10.4. The van der Waals surface area contributed by atoms with Crippen molar-refractivity contribution in [2.75, 3.05) is 12.4 Å². The third-order valence-electron chi connectivity index (χ3n) is 4.62. The zero-order chi connectivity index (χ0) is 22.4. The van der Waals surface area contributed by atoms with Gasteiger partial charge in [0.2, 0.25) is 0 Å². The van der Waals surface area contributed by atoms with Crippen LogP contribution in [0.5, 0.6) is 0 Å². The van der Waals surface area contributed by atoms with Crippen LogP contribution in [0.25, 0.3) is 11.4 Å². The number of hydrogen-bond acceptors (Lipinski definition) is 5. The van der Waals surface area contributed by atoms with Gasteiger partial charge in [-0.05, 0) is 18.6 Å². The summed E-state index contributed by atoms with van der Waals surface area (Å²) < 4.78 is 0. The number of nitrogens with one attached hydrogen (secondary N) is 3. The van der Waals surface area contributed by atoms with E-state index in [1.165, 1.54) is 11.0 Å². The topological polar surface area (TPSA) is 106 Å². The summed E-state index contributed by atoms with van der Waals surface area (Å²) in [7, 11) is 1.68. The highest BCUT2D eigenvalue weighted by Crippen LogP contribution is 2.21. The summed E-state index contributed by atoms with van der Waals surface area (Å²) in [5, 5.41) is 19.6. The number of benzene rings is 2. The van der Waals surface area contributed by atoms with Crippen molar-refractivity contribution >= 4 is 34.9 Å². The largest absolute Gasteiger partial charge is 0.320 e. The molecule has 0 aliphatic heterocycles. The van der Waals surface area contributed by atoms with E-state index >= 15 is 0 Å². The zero-order valence-electron chi connectivity index (χ0n) is 17.3. The molecule has 0 spiro atoms. The van der Waals surface area contributed by atoms with Crippen molar-refractivity contribution in [1.29, 1.82) is 10.8 Å². The summed E-state index contributed by atoms with van der Waals surface area (Å²) in [6.45, 7) is 1.98. The average Bonchev–Trinajstić information content (AvgIpc) is 2.78. The van der Waals surface area contributed by atoms with E-state index in [2.05, 4.69) is 15.3 Å². The standard InChI is InChI=1S/C23H23ClN6O/c1-3-9-20(25)30(2)21(26)16-12-7-8-13-17(16)28-23(31)18-14-19(24)29-22(27-18)15-10-5-4-6-11-15/h4-8,10-14,25-26H,3,9H2,1-2H3,(H,28,31). The number of amides is 1. The Hall–Kier alpha value is -3.58. The Balaban J connectivity index is 1.87. The Morgan fingerprint density at radius 3 is 2.45 bits per heavy atom. The lowest BCUT2D eigenvalue weighted by atomic mass is 10.1. The van der Waals surface area contributed by atoms with Gasteiger partial charge in [-0.25, -0.2) is 9.97 Å². The summed E-state index contributed by atoms with van der Waals surface area (Å²) in [6, 6.07) is 17.7. The number of carbonyl (C=O) groups excluding carboxylic acids is 1. The van der Waals surface area contributed by atoms with Crippen LogP contribution >= 0.6 is 11.6 Å². The van der Waals surface area contributed by atoms with Gasteiger partial charge in [0.15, 0.2) is 5.82 Å². The average molecular weight is 435 g/mol. The van der Waals surface area contributed by atoms with Crippen LogP contribution in [0.3, 0.4) is 0 Å². The van der Waals surface area contributed by atoms with Gasteiger partial charge < -0.3 is 10.2 Å². The maximum absolute atomic E-state index is 12.9. The van der Waals surface area contributed by atoms with E-state index in [9.17, 15) is 4.79 Å². The molecule has 0 saturated heterocycles. The lowest BCUT2D eigenvalue weighted by Gasteiger charge is -2.22. The molecule has 7 nitrogen and oxygen atoms in total. The summed E-state index contributed by atoms with van der Waals surface area (Å²) in [5.74, 6) is 0.351. The second-order valence-corrected chi connectivity index (χ2v) is 7.26. The molecular formula is C23H23ClN6O. The summed E-state index contributed by atoms with van der Waals surface area (Å²) >= 11 is 6.14. The van der Waals surface area contributed by atoms with E-state index in [1.54, 1.807) is 31.3 Å². The molecule has 1 amide bonds. The molecule has 8 heteroatoms. The lowest BCUT2D eigenvalue weighted by molar-refractivity contribution is 0.102. The van der Waals surface area contributed by atoms with Crippen LogP contribution in [-0.2, 0) is 0 Å². The summed E-state index contributed by atoms with van der Waals surface area (Å²) in [4.78, 5) is 23.0. The predicted molar refractivity (Wildman–Crippen MR) is 124 cm³/mol. The van der Waals surface area contributed by atoms with Crippen molar-refractivity contribution in [3.63, 3.8) is 0 Å². The van der Waals surface area contributed by atoms with Gasteiger partial charge in [-0.3, -0.25) is 15.6 Å². The molecule has 3 rings (SSSR count). The number of amidine groups is 2. The van der Waals surface area contributed by atoms with Crippen LogP contribution in [0.15, 0.2) is 60.7 Å². The summed E-state index contributed by atoms with van der Waals surface area (Å²) in [5.41, 5.74) is 1.82. The first kappa shape index (κ1) is 22.1. The Morgan fingerprint density at radius 2 is 1.74 bits per heavy atom. The highest BCUT2D eigenvalue weighted by Gasteiger charge is 2.18. The minimum Gasteiger partial charge on any atom is -0.320 e. The molecule has 3 aromatic rings. The second kappa shape index (κ2) is 9.95. The fourth-order valence-electron chi connectivity index (χ4n) is 2.96. The first-order chi connectivity index (χ1) is 14.9. The molecule has 0 aliphatic carbocycles. The molecule has 31 heavy (non-hydrogen) atoms. The first-order valence-electron chi connectivity index (χ1n) is 9.81. The van der Waals surface area contributed by atoms with Crippen LogP contribution < -0.4 is 5.32 Å². The number of aromatic nitrogens is 2. The Kier molecular flexibility index (Phi) is 7.10. The minimum absolute atomic E-state index is 0.118. The quantitative estimate of drug-likeness (QED) is 0.285. The van der Waals surface area contributed by atoms with Crippen molar-refractivity contribution in [2.24, 2.45) is 0 Å². The SMILES string of the molecule is CCCC(=N)N(C)C(=N)c1ccccc1NC(=O)c1cc(Cl)nc(-c2ccccc2)n1. The molecule has 3 N–H and O–H groups in total. The fraction of sp³-hybridized carbons (Fsp3) is 0.174. The lowest BCUT2D eigenvalue weighted by Crippen LogP contribution is -2.33. The molecule has 0 atom stereocenters. The molecule has 2 aromatic carbocycles. The van der Waals surface area contributed by atoms with Gasteiger partial charge in [0, 0.05) is 30.7 Å². The number of anilines is 1. The molecular weight excluding hydrogens is 412 g/mol. The molecule has 0 aliphatic rings. The predicted octanol–water partition coefficient (Wildman–Crippen LogP) is 5.08. The van der Waals surface area contributed by atoms with E-state index < -0.39 is 5.91 Å². The second-order valence-electron chi connectivity index (χ2n) is 6.87. The van der Waals surface area contributed by atoms with Crippen molar-refractivity contribution in [3.8, 4) is 11.4 Å². The van der Waals surface area contributed by atoms with Crippen molar-refractivity contribution in [3.05, 3.63) is 77.1 Å². The van der Waals surface area contributed by atoms with Crippen LogP contribution in [0.4, 0.5) is 5.69 Å². The summed E-state index contributed by atoms with van der Waals surface area (Å²) in [6.07, 6.45) is 1.38. The van der Waals surface area contributed by atoms with Gasteiger partial charge in [0.1, 0.15) is 22.5 Å². The third-order valence-corrected chi connectivity index (χ3v) is 4.81. The smallest absolute Gasteiger partial charge is 0.274 e. The molecule has 1 heterocycles. The molecule has 1 aromatic heterocycles. The number of para-hydroxylation sites is 1.